The number of carbonyl (C=O) groups is 1. The molecule has 0 aliphatic carbocycles. The van der Waals surface area contributed by atoms with Gasteiger partial charge in [-0.05, 0) is 35.4 Å². The van der Waals surface area contributed by atoms with Crippen molar-refractivity contribution in [2.24, 2.45) is 0 Å². The van der Waals surface area contributed by atoms with Crippen molar-refractivity contribution in [3.05, 3.63) is 83.7 Å². The van der Waals surface area contributed by atoms with Gasteiger partial charge in [-0.25, -0.2) is 4.39 Å². The minimum atomic E-state index is -0.265. The lowest BCUT2D eigenvalue weighted by atomic mass is 10.1. The van der Waals surface area contributed by atoms with E-state index in [4.69, 9.17) is 0 Å². The van der Waals surface area contributed by atoms with Gasteiger partial charge in [0.2, 0.25) is 5.91 Å². The van der Waals surface area contributed by atoms with E-state index in [1.54, 1.807) is 24.3 Å². The first kappa shape index (κ1) is 16.6. The molecule has 0 bridgehead atoms. The SMILES string of the molecule is O=C(Cc1ccccc1)Nc1ccc(NCc2ccc(F)cc2)nn1. The van der Waals surface area contributed by atoms with Crippen LogP contribution in [-0.4, -0.2) is 16.1 Å². The van der Waals surface area contributed by atoms with Crippen LogP contribution >= 0.6 is 0 Å². The number of halogens is 1. The summed E-state index contributed by atoms with van der Waals surface area (Å²) in [5.41, 5.74) is 1.87. The first-order valence-electron chi connectivity index (χ1n) is 7.85. The highest BCUT2D eigenvalue weighted by molar-refractivity contribution is 5.91. The van der Waals surface area contributed by atoms with E-state index < -0.39 is 0 Å². The first-order chi connectivity index (χ1) is 12.2. The van der Waals surface area contributed by atoms with Crippen molar-refractivity contribution in [1.82, 2.24) is 10.2 Å². The fraction of sp³-hybridized carbons (Fsp3) is 0.105. The Labute approximate surface area is 144 Å². The summed E-state index contributed by atoms with van der Waals surface area (Å²) in [6, 6.07) is 19.1. The molecule has 0 spiro atoms. The molecule has 0 saturated carbocycles. The monoisotopic (exact) mass is 336 g/mol. The van der Waals surface area contributed by atoms with Gasteiger partial charge in [0.05, 0.1) is 6.42 Å². The Kier molecular flexibility index (Phi) is 5.31. The van der Waals surface area contributed by atoms with Crippen molar-refractivity contribution in [2.75, 3.05) is 10.6 Å². The minimum Gasteiger partial charge on any atom is -0.365 e. The lowest BCUT2D eigenvalue weighted by Gasteiger charge is -2.07. The van der Waals surface area contributed by atoms with Gasteiger partial charge in [-0.15, -0.1) is 10.2 Å². The number of hydrogen-bond acceptors (Lipinski definition) is 4. The van der Waals surface area contributed by atoms with Gasteiger partial charge in [0, 0.05) is 6.54 Å². The van der Waals surface area contributed by atoms with Gasteiger partial charge in [0.1, 0.15) is 11.6 Å². The van der Waals surface area contributed by atoms with Crippen LogP contribution in [0.1, 0.15) is 11.1 Å². The maximum Gasteiger partial charge on any atom is 0.229 e. The molecule has 25 heavy (non-hydrogen) atoms. The maximum absolute atomic E-state index is 12.9. The molecule has 0 unspecified atom stereocenters. The number of amides is 1. The molecule has 2 aromatic carbocycles. The molecule has 0 atom stereocenters. The quantitative estimate of drug-likeness (QED) is 0.724. The molecule has 1 aromatic heterocycles. The first-order valence-corrected chi connectivity index (χ1v) is 7.85. The van der Waals surface area contributed by atoms with Crippen LogP contribution in [0, 0.1) is 5.82 Å². The number of hydrogen-bond donors (Lipinski definition) is 2. The Bertz CT molecular complexity index is 820. The number of rotatable bonds is 6. The number of benzene rings is 2. The van der Waals surface area contributed by atoms with Crippen LogP contribution in [0.5, 0.6) is 0 Å². The molecule has 0 radical (unpaired) electrons. The van der Waals surface area contributed by atoms with E-state index in [1.165, 1.54) is 12.1 Å². The fourth-order valence-corrected chi connectivity index (χ4v) is 2.26. The van der Waals surface area contributed by atoms with Crippen LogP contribution in [0.2, 0.25) is 0 Å². The standard InChI is InChI=1S/C19H17FN4O/c20-16-8-6-15(7-9-16)13-21-17-10-11-18(24-23-17)22-19(25)12-14-4-2-1-3-5-14/h1-11H,12-13H2,(H,21,23)(H,22,24,25). The Morgan fingerprint density at radius 2 is 1.52 bits per heavy atom. The lowest BCUT2D eigenvalue weighted by Crippen LogP contribution is -2.15. The predicted octanol–water partition coefficient (Wildman–Crippen LogP) is 3.41. The van der Waals surface area contributed by atoms with Crippen molar-refractivity contribution in [3.8, 4) is 0 Å². The van der Waals surface area contributed by atoms with E-state index in [9.17, 15) is 9.18 Å². The van der Waals surface area contributed by atoms with Gasteiger partial charge in [-0.2, -0.15) is 0 Å². The molecule has 6 heteroatoms. The van der Waals surface area contributed by atoms with Gasteiger partial charge in [-0.1, -0.05) is 42.5 Å². The lowest BCUT2D eigenvalue weighted by molar-refractivity contribution is -0.115. The van der Waals surface area contributed by atoms with Crippen molar-refractivity contribution < 1.29 is 9.18 Å². The topological polar surface area (TPSA) is 66.9 Å². The highest BCUT2D eigenvalue weighted by atomic mass is 19.1. The van der Waals surface area contributed by atoms with Gasteiger partial charge in [0.15, 0.2) is 5.82 Å². The number of carbonyl (C=O) groups excluding carboxylic acids is 1. The van der Waals surface area contributed by atoms with Crippen molar-refractivity contribution in [1.29, 1.82) is 0 Å². The summed E-state index contributed by atoms with van der Waals surface area (Å²) in [5.74, 6) is 0.560. The highest BCUT2D eigenvalue weighted by Crippen LogP contribution is 2.10. The number of nitrogens with one attached hydrogen (secondary N) is 2. The Morgan fingerprint density at radius 1 is 0.840 bits per heavy atom. The van der Waals surface area contributed by atoms with Crippen LogP contribution in [0.3, 0.4) is 0 Å². The molecule has 0 aliphatic rings. The molecule has 3 aromatic rings. The zero-order chi connectivity index (χ0) is 17.5. The summed E-state index contributed by atoms with van der Waals surface area (Å²) in [6.07, 6.45) is 0.285. The average molecular weight is 336 g/mol. The maximum atomic E-state index is 12.9. The van der Waals surface area contributed by atoms with Crippen molar-refractivity contribution in [2.45, 2.75) is 13.0 Å². The highest BCUT2D eigenvalue weighted by Gasteiger charge is 2.05. The predicted molar refractivity (Wildman–Crippen MR) is 94.5 cm³/mol. The number of aromatic nitrogens is 2. The van der Waals surface area contributed by atoms with Crippen LogP contribution in [-0.2, 0) is 17.8 Å². The normalized spacial score (nSPS) is 10.3. The summed E-state index contributed by atoms with van der Waals surface area (Å²) in [6.45, 7) is 0.509. The molecule has 3 rings (SSSR count). The van der Waals surface area contributed by atoms with Crippen LogP contribution in [0.15, 0.2) is 66.7 Å². The molecule has 0 saturated heterocycles. The third-order valence-electron chi connectivity index (χ3n) is 3.53. The van der Waals surface area contributed by atoms with E-state index in [2.05, 4.69) is 20.8 Å². The zero-order valence-electron chi connectivity index (χ0n) is 13.4. The minimum absolute atomic E-state index is 0.146. The summed E-state index contributed by atoms with van der Waals surface area (Å²) < 4.78 is 12.9. The second kappa shape index (κ2) is 8.01. The third-order valence-corrected chi connectivity index (χ3v) is 3.53. The smallest absolute Gasteiger partial charge is 0.229 e. The van der Waals surface area contributed by atoms with Crippen LogP contribution < -0.4 is 10.6 Å². The van der Waals surface area contributed by atoms with Crippen LogP contribution in [0.25, 0.3) is 0 Å². The zero-order valence-corrected chi connectivity index (χ0v) is 13.4. The third kappa shape index (κ3) is 5.10. The van der Waals surface area contributed by atoms with Crippen molar-refractivity contribution in [3.63, 3.8) is 0 Å². The Morgan fingerprint density at radius 3 is 2.20 bits per heavy atom. The number of nitrogens with zero attached hydrogens (tertiary/aromatic N) is 2. The molecular formula is C19H17FN4O. The summed E-state index contributed by atoms with van der Waals surface area (Å²) in [4.78, 5) is 12.0. The fourth-order valence-electron chi connectivity index (χ4n) is 2.26. The van der Waals surface area contributed by atoms with E-state index >= 15 is 0 Å². The average Bonchev–Trinajstić information content (AvgIpc) is 2.63. The summed E-state index contributed by atoms with van der Waals surface area (Å²) in [7, 11) is 0. The summed E-state index contributed by atoms with van der Waals surface area (Å²) in [5, 5.41) is 13.8. The molecule has 0 aliphatic heterocycles. The molecule has 0 fully saturated rings. The van der Waals surface area contributed by atoms with Gasteiger partial charge in [-0.3, -0.25) is 4.79 Å². The van der Waals surface area contributed by atoms with Gasteiger partial charge >= 0.3 is 0 Å². The molecule has 5 nitrogen and oxygen atoms in total. The van der Waals surface area contributed by atoms with E-state index in [-0.39, 0.29) is 18.1 Å². The Hall–Kier alpha value is -3.28. The van der Waals surface area contributed by atoms with Gasteiger partial charge < -0.3 is 10.6 Å². The Balaban J connectivity index is 1.51. The van der Waals surface area contributed by atoms with Crippen molar-refractivity contribution >= 4 is 17.5 Å². The second-order valence-corrected chi connectivity index (χ2v) is 5.49. The second-order valence-electron chi connectivity index (χ2n) is 5.49. The van der Waals surface area contributed by atoms with E-state index in [0.29, 0.717) is 18.2 Å². The largest absolute Gasteiger partial charge is 0.365 e. The molecular weight excluding hydrogens is 319 g/mol. The van der Waals surface area contributed by atoms with Gasteiger partial charge in [0.25, 0.3) is 0 Å². The van der Waals surface area contributed by atoms with E-state index in [1.807, 2.05) is 30.3 Å². The molecule has 126 valence electrons. The molecule has 1 heterocycles. The van der Waals surface area contributed by atoms with Crippen LogP contribution in [0.4, 0.5) is 16.0 Å². The van der Waals surface area contributed by atoms with E-state index in [0.717, 1.165) is 11.1 Å². The molecule has 1 amide bonds. The molecule has 2 N–H and O–H groups in total. The summed E-state index contributed by atoms with van der Waals surface area (Å²) >= 11 is 0. The number of anilines is 2.